The maximum atomic E-state index is 2.49. The summed E-state index contributed by atoms with van der Waals surface area (Å²) in [5, 5.41) is 10.5. The lowest BCUT2D eigenvalue weighted by atomic mass is 9.79. The van der Waals surface area contributed by atoms with Gasteiger partial charge in [-0.25, -0.2) is 0 Å². The van der Waals surface area contributed by atoms with E-state index in [1.165, 1.54) is 93.2 Å². The molecular formula is C54H62. The second kappa shape index (κ2) is 12.6. The van der Waals surface area contributed by atoms with Gasteiger partial charge in [-0.05, 0) is 151 Å². The Morgan fingerprint density at radius 3 is 0.852 bits per heavy atom. The van der Waals surface area contributed by atoms with Crippen molar-refractivity contribution < 1.29 is 0 Å². The molecule has 0 saturated carbocycles. The predicted octanol–water partition coefficient (Wildman–Crippen LogP) is 16.1. The van der Waals surface area contributed by atoms with Crippen LogP contribution in [0.25, 0.3) is 65.3 Å². The van der Waals surface area contributed by atoms with Crippen LogP contribution in [-0.2, 0) is 27.1 Å². The van der Waals surface area contributed by atoms with Crippen molar-refractivity contribution in [1.82, 2.24) is 0 Å². The van der Waals surface area contributed by atoms with Gasteiger partial charge in [0.1, 0.15) is 0 Å². The standard InChI is InChI=1S/C54H62/c1-50(2,3)37-16-20-42-35(25-37)29-46(48-31-39(52(7,8)9)18-22-44(42)48)33-24-34(28-41(27-33)54(13,14)15)47-30-36-26-38(51(4,5)6)17-21-43(36)45-23-19-40(32-49(45)47)53(10,11)12/h16-32H,1-15H3. The van der Waals surface area contributed by atoms with Gasteiger partial charge in [-0.2, -0.15) is 0 Å². The van der Waals surface area contributed by atoms with Crippen LogP contribution in [0.2, 0.25) is 0 Å². The van der Waals surface area contributed by atoms with Gasteiger partial charge in [-0.1, -0.05) is 177 Å². The fourth-order valence-corrected chi connectivity index (χ4v) is 8.04. The summed E-state index contributed by atoms with van der Waals surface area (Å²) >= 11 is 0. The van der Waals surface area contributed by atoms with Crippen molar-refractivity contribution in [3.05, 3.63) is 131 Å². The third kappa shape index (κ3) is 6.98. The van der Waals surface area contributed by atoms with E-state index in [0.29, 0.717) is 0 Å². The lowest BCUT2D eigenvalue weighted by Gasteiger charge is -2.25. The molecule has 0 aliphatic rings. The van der Waals surface area contributed by atoms with Crippen molar-refractivity contribution in [2.24, 2.45) is 0 Å². The lowest BCUT2D eigenvalue weighted by molar-refractivity contribution is 0.590. The van der Waals surface area contributed by atoms with Gasteiger partial charge in [-0.15, -0.1) is 0 Å². The molecule has 0 aliphatic carbocycles. The monoisotopic (exact) mass is 710 g/mol. The summed E-state index contributed by atoms with van der Waals surface area (Å²) in [6.07, 6.45) is 0. The summed E-state index contributed by atoms with van der Waals surface area (Å²) in [6.45, 7) is 34.9. The van der Waals surface area contributed by atoms with E-state index < -0.39 is 0 Å². The van der Waals surface area contributed by atoms with Crippen LogP contribution in [0.4, 0.5) is 0 Å². The topological polar surface area (TPSA) is 0 Å². The normalized spacial score (nSPS) is 13.5. The first kappa shape index (κ1) is 37.9. The van der Waals surface area contributed by atoms with Crippen LogP contribution in [0.1, 0.15) is 132 Å². The molecule has 0 unspecified atom stereocenters. The van der Waals surface area contributed by atoms with E-state index in [2.05, 4.69) is 207 Å². The van der Waals surface area contributed by atoms with Crippen molar-refractivity contribution in [1.29, 1.82) is 0 Å². The molecule has 0 heterocycles. The Hall–Kier alpha value is -4.42. The number of fused-ring (bicyclic) bond motifs is 6. The van der Waals surface area contributed by atoms with E-state index in [1.54, 1.807) is 0 Å². The molecule has 0 spiro atoms. The highest BCUT2D eigenvalue weighted by molar-refractivity contribution is 6.16. The van der Waals surface area contributed by atoms with Gasteiger partial charge in [0.2, 0.25) is 0 Å². The third-order valence-corrected chi connectivity index (χ3v) is 11.8. The highest BCUT2D eigenvalue weighted by Crippen LogP contribution is 2.44. The quantitative estimate of drug-likeness (QED) is 0.157. The Morgan fingerprint density at radius 2 is 0.537 bits per heavy atom. The van der Waals surface area contributed by atoms with Gasteiger partial charge in [0.15, 0.2) is 0 Å². The SMILES string of the molecule is CC(C)(C)c1cc(-c2cc3cc(C(C)(C)C)ccc3c3ccc(C(C)(C)C)cc23)cc(-c2cc3cc(C(C)(C)C)ccc3c3ccc(C(C)(C)C)cc23)c1. The minimum Gasteiger partial charge on any atom is -0.0578 e. The molecule has 0 heteroatoms. The summed E-state index contributed by atoms with van der Waals surface area (Å²) in [5.74, 6) is 0. The molecule has 0 radical (unpaired) electrons. The zero-order chi connectivity index (χ0) is 39.3. The molecule has 0 bridgehead atoms. The van der Waals surface area contributed by atoms with E-state index in [0.717, 1.165) is 0 Å². The second-order valence-corrected chi connectivity index (χ2v) is 21.3. The van der Waals surface area contributed by atoms with Crippen LogP contribution < -0.4 is 0 Å². The van der Waals surface area contributed by atoms with Crippen LogP contribution in [0.5, 0.6) is 0 Å². The maximum Gasteiger partial charge on any atom is -0.00960 e. The van der Waals surface area contributed by atoms with Crippen molar-refractivity contribution in [3.8, 4) is 22.3 Å². The van der Waals surface area contributed by atoms with Crippen LogP contribution >= 0.6 is 0 Å². The molecule has 0 N–H and O–H groups in total. The Morgan fingerprint density at radius 1 is 0.241 bits per heavy atom. The fourth-order valence-electron chi connectivity index (χ4n) is 8.04. The van der Waals surface area contributed by atoms with Crippen LogP contribution in [0, 0.1) is 0 Å². The van der Waals surface area contributed by atoms with Crippen molar-refractivity contribution in [2.45, 2.75) is 131 Å². The van der Waals surface area contributed by atoms with Crippen LogP contribution in [0.3, 0.4) is 0 Å². The summed E-state index contributed by atoms with van der Waals surface area (Å²) in [7, 11) is 0. The minimum atomic E-state index is -0.0456. The average Bonchev–Trinajstić information content (AvgIpc) is 3.07. The maximum absolute atomic E-state index is 2.49. The van der Waals surface area contributed by atoms with Gasteiger partial charge in [0, 0.05) is 0 Å². The molecule has 0 aliphatic heterocycles. The lowest BCUT2D eigenvalue weighted by Crippen LogP contribution is -2.12. The van der Waals surface area contributed by atoms with Gasteiger partial charge >= 0.3 is 0 Å². The Labute approximate surface area is 326 Å². The summed E-state index contributed by atoms with van der Waals surface area (Å²) in [4.78, 5) is 0. The molecule has 7 rings (SSSR count). The van der Waals surface area contributed by atoms with Gasteiger partial charge < -0.3 is 0 Å². The number of benzene rings is 7. The first-order chi connectivity index (χ1) is 24.9. The highest BCUT2D eigenvalue weighted by Gasteiger charge is 2.24. The number of hydrogen-bond acceptors (Lipinski definition) is 0. The van der Waals surface area contributed by atoms with Crippen molar-refractivity contribution in [2.75, 3.05) is 0 Å². The van der Waals surface area contributed by atoms with E-state index in [-0.39, 0.29) is 27.1 Å². The molecule has 0 nitrogen and oxygen atoms in total. The molecule has 0 atom stereocenters. The zero-order valence-electron chi connectivity index (χ0n) is 35.8. The molecule has 7 aromatic rings. The first-order valence-corrected chi connectivity index (χ1v) is 20.1. The van der Waals surface area contributed by atoms with Crippen molar-refractivity contribution in [3.63, 3.8) is 0 Å². The van der Waals surface area contributed by atoms with Crippen LogP contribution in [-0.4, -0.2) is 0 Å². The van der Waals surface area contributed by atoms with Gasteiger partial charge in [0.25, 0.3) is 0 Å². The van der Waals surface area contributed by atoms with Crippen molar-refractivity contribution >= 4 is 43.1 Å². The molecule has 0 fully saturated rings. The van der Waals surface area contributed by atoms with E-state index in [4.69, 9.17) is 0 Å². The molecule has 7 aromatic carbocycles. The summed E-state index contributed by atoms with van der Waals surface area (Å²) in [6, 6.07) is 41.1. The van der Waals surface area contributed by atoms with Crippen LogP contribution in [0.15, 0.2) is 103 Å². The first-order valence-electron chi connectivity index (χ1n) is 20.1. The minimum absolute atomic E-state index is 0.0373. The third-order valence-electron chi connectivity index (χ3n) is 11.8. The van der Waals surface area contributed by atoms with E-state index >= 15 is 0 Å². The molecule has 54 heavy (non-hydrogen) atoms. The molecule has 0 amide bonds. The fraction of sp³-hybridized carbons (Fsp3) is 0.370. The Kier molecular flexibility index (Phi) is 8.81. The highest BCUT2D eigenvalue weighted by atomic mass is 14.3. The Bertz CT molecular complexity index is 2420. The molecule has 278 valence electrons. The smallest absolute Gasteiger partial charge is 0.00960 e. The molecular weight excluding hydrogens is 649 g/mol. The van der Waals surface area contributed by atoms with Gasteiger partial charge in [-0.3, -0.25) is 0 Å². The second-order valence-electron chi connectivity index (χ2n) is 21.3. The molecule has 0 saturated heterocycles. The van der Waals surface area contributed by atoms with E-state index in [9.17, 15) is 0 Å². The molecule has 0 aromatic heterocycles. The zero-order valence-corrected chi connectivity index (χ0v) is 35.8. The largest absolute Gasteiger partial charge is 0.0578 e. The number of rotatable bonds is 2. The summed E-state index contributed by atoms with van der Waals surface area (Å²) < 4.78 is 0. The van der Waals surface area contributed by atoms with E-state index in [1.807, 2.05) is 0 Å². The predicted molar refractivity (Wildman–Crippen MR) is 241 cm³/mol. The average molecular weight is 711 g/mol. The van der Waals surface area contributed by atoms with Gasteiger partial charge in [0.05, 0.1) is 0 Å². The number of hydrogen-bond donors (Lipinski definition) is 0. The Balaban J connectivity index is 1.61. The summed E-state index contributed by atoms with van der Waals surface area (Å²) in [5.41, 5.74) is 12.1.